The fourth-order valence-electron chi connectivity index (χ4n) is 2.05. The fraction of sp³-hybridized carbons (Fsp3) is 0.562. The maximum atomic E-state index is 11.7. The highest BCUT2D eigenvalue weighted by Gasteiger charge is 2.20. The van der Waals surface area contributed by atoms with Crippen molar-refractivity contribution in [2.75, 3.05) is 13.2 Å². The molecule has 1 aromatic heterocycles. The molecule has 1 unspecified atom stereocenters. The van der Waals surface area contributed by atoms with Gasteiger partial charge in [0.05, 0.1) is 6.04 Å². The molecule has 5 heteroatoms. The van der Waals surface area contributed by atoms with Gasteiger partial charge in [-0.15, -0.1) is 0 Å². The van der Waals surface area contributed by atoms with Crippen LogP contribution in [0.15, 0.2) is 24.5 Å². The lowest BCUT2D eigenvalue weighted by atomic mass is 10.0. The molecule has 0 fully saturated rings. The molecule has 21 heavy (non-hydrogen) atoms. The number of hydrogen-bond acceptors (Lipinski definition) is 4. The Morgan fingerprint density at radius 3 is 2.52 bits per heavy atom. The average Bonchev–Trinajstić information content (AvgIpc) is 2.45. The first-order chi connectivity index (χ1) is 10.0. The predicted molar refractivity (Wildman–Crippen MR) is 80.8 cm³/mol. The molecule has 5 nitrogen and oxygen atoms in total. The first-order valence-corrected chi connectivity index (χ1v) is 7.27. The van der Waals surface area contributed by atoms with E-state index in [9.17, 15) is 9.59 Å². The second-order valence-corrected chi connectivity index (χ2v) is 5.41. The minimum absolute atomic E-state index is 0.00710. The number of nitrogens with one attached hydrogen (secondary N) is 1. The molecule has 0 radical (unpaired) electrons. The van der Waals surface area contributed by atoms with Crippen LogP contribution in [0.4, 0.5) is 0 Å². The molecule has 0 aliphatic heterocycles. The van der Waals surface area contributed by atoms with Crippen LogP contribution in [0.2, 0.25) is 0 Å². The number of aryl methyl sites for hydroxylation is 1. The molecule has 1 atom stereocenters. The summed E-state index contributed by atoms with van der Waals surface area (Å²) in [5, 5.41) is 2.70. The lowest BCUT2D eigenvalue weighted by Gasteiger charge is -2.19. The van der Waals surface area contributed by atoms with Crippen molar-refractivity contribution in [2.24, 2.45) is 5.92 Å². The van der Waals surface area contributed by atoms with Crippen LogP contribution in [-0.2, 0) is 20.7 Å². The highest BCUT2D eigenvalue weighted by Crippen LogP contribution is 2.03. The number of rotatable bonds is 9. The summed E-state index contributed by atoms with van der Waals surface area (Å²) in [5.41, 5.74) is 1.20. The summed E-state index contributed by atoms with van der Waals surface area (Å²) in [5.74, 6) is -0.193. The van der Waals surface area contributed by atoms with E-state index in [4.69, 9.17) is 4.74 Å². The molecule has 0 saturated heterocycles. The Labute approximate surface area is 126 Å². The third-order valence-electron chi connectivity index (χ3n) is 3.16. The van der Waals surface area contributed by atoms with Crippen molar-refractivity contribution in [1.29, 1.82) is 0 Å². The van der Waals surface area contributed by atoms with Gasteiger partial charge in [-0.2, -0.15) is 0 Å². The predicted octanol–water partition coefficient (Wildman–Crippen LogP) is 1.76. The van der Waals surface area contributed by atoms with E-state index >= 15 is 0 Å². The monoisotopic (exact) mass is 292 g/mol. The summed E-state index contributed by atoms with van der Waals surface area (Å²) in [6.45, 7) is 5.80. The van der Waals surface area contributed by atoms with Gasteiger partial charge in [0.2, 0.25) is 5.91 Å². The zero-order chi connectivity index (χ0) is 15.7. The summed E-state index contributed by atoms with van der Waals surface area (Å²) in [6.07, 6.45) is 5.26. The Bertz CT molecular complexity index is 446. The van der Waals surface area contributed by atoms with E-state index in [1.54, 1.807) is 12.4 Å². The van der Waals surface area contributed by atoms with Crippen molar-refractivity contribution in [3.05, 3.63) is 30.1 Å². The minimum Gasteiger partial charge on any atom is -0.372 e. The molecule has 0 saturated carbocycles. The highest BCUT2D eigenvalue weighted by atomic mass is 16.5. The van der Waals surface area contributed by atoms with E-state index in [1.807, 2.05) is 26.0 Å². The van der Waals surface area contributed by atoms with Gasteiger partial charge in [-0.05, 0) is 43.4 Å². The molecular weight excluding hydrogens is 268 g/mol. The van der Waals surface area contributed by atoms with E-state index in [0.29, 0.717) is 6.61 Å². The second-order valence-electron chi connectivity index (χ2n) is 5.41. The van der Waals surface area contributed by atoms with Gasteiger partial charge >= 0.3 is 0 Å². The number of ketones is 1. The molecule has 1 amide bonds. The van der Waals surface area contributed by atoms with Gasteiger partial charge in [0.1, 0.15) is 6.61 Å². The third kappa shape index (κ3) is 6.99. The normalized spacial score (nSPS) is 12.2. The fourth-order valence-corrected chi connectivity index (χ4v) is 2.05. The van der Waals surface area contributed by atoms with E-state index < -0.39 is 6.04 Å². The number of Topliss-reactive ketones (excluding diaryl/α,β-unsaturated/α-hetero) is 1. The van der Waals surface area contributed by atoms with Crippen LogP contribution in [0.1, 0.15) is 32.8 Å². The molecule has 1 rings (SSSR count). The number of ether oxygens (including phenoxy) is 1. The van der Waals surface area contributed by atoms with Crippen LogP contribution in [0.3, 0.4) is 0 Å². The lowest BCUT2D eigenvalue weighted by Crippen LogP contribution is -2.44. The van der Waals surface area contributed by atoms with Crippen molar-refractivity contribution in [3.63, 3.8) is 0 Å². The third-order valence-corrected chi connectivity index (χ3v) is 3.16. The molecule has 0 aromatic carbocycles. The average molecular weight is 292 g/mol. The molecule has 0 bridgehead atoms. The number of carbonyl (C=O) groups excluding carboxylic acids is 2. The minimum atomic E-state index is -0.432. The molecule has 1 heterocycles. The van der Waals surface area contributed by atoms with E-state index in [2.05, 4.69) is 10.3 Å². The number of carbonyl (C=O) groups is 2. The topological polar surface area (TPSA) is 68.3 Å². The maximum absolute atomic E-state index is 11.7. The molecule has 0 aliphatic carbocycles. The van der Waals surface area contributed by atoms with Gasteiger partial charge < -0.3 is 10.1 Å². The maximum Gasteiger partial charge on any atom is 0.246 e. The SMILES string of the molecule is CC(=O)C(NC(=O)COCCCc1ccncc1)C(C)C. The first-order valence-electron chi connectivity index (χ1n) is 7.27. The van der Waals surface area contributed by atoms with Crippen LogP contribution in [0, 0.1) is 5.92 Å². The van der Waals surface area contributed by atoms with Crippen LogP contribution in [-0.4, -0.2) is 35.9 Å². The first kappa shape index (κ1) is 17.3. The van der Waals surface area contributed by atoms with Crippen LogP contribution in [0.5, 0.6) is 0 Å². The molecule has 1 aromatic rings. The van der Waals surface area contributed by atoms with Gasteiger partial charge in [-0.25, -0.2) is 0 Å². The van der Waals surface area contributed by atoms with Crippen LogP contribution < -0.4 is 5.32 Å². The Balaban J connectivity index is 2.17. The van der Waals surface area contributed by atoms with Crippen molar-refractivity contribution >= 4 is 11.7 Å². The Kier molecular flexibility index (Phi) is 7.61. The van der Waals surface area contributed by atoms with E-state index in [0.717, 1.165) is 12.8 Å². The van der Waals surface area contributed by atoms with Crippen molar-refractivity contribution in [1.82, 2.24) is 10.3 Å². The smallest absolute Gasteiger partial charge is 0.246 e. The number of amides is 1. The zero-order valence-corrected chi connectivity index (χ0v) is 13.0. The molecule has 0 aliphatic rings. The molecule has 116 valence electrons. The van der Waals surface area contributed by atoms with Gasteiger partial charge in [0, 0.05) is 19.0 Å². The molecule has 1 N–H and O–H groups in total. The van der Waals surface area contributed by atoms with E-state index in [1.165, 1.54) is 12.5 Å². The summed E-state index contributed by atoms with van der Waals surface area (Å²) in [4.78, 5) is 27.0. The number of hydrogen-bond donors (Lipinski definition) is 1. The van der Waals surface area contributed by atoms with Crippen molar-refractivity contribution < 1.29 is 14.3 Å². The van der Waals surface area contributed by atoms with E-state index in [-0.39, 0.29) is 24.2 Å². The summed E-state index contributed by atoms with van der Waals surface area (Å²) in [6, 6.07) is 3.50. The summed E-state index contributed by atoms with van der Waals surface area (Å²) < 4.78 is 5.34. The van der Waals surface area contributed by atoms with Gasteiger partial charge in [-0.1, -0.05) is 13.8 Å². The van der Waals surface area contributed by atoms with Crippen LogP contribution >= 0.6 is 0 Å². The van der Waals surface area contributed by atoms with Gasteiger partial charge in [0.15, 0.2) is 5.78 Å². The number of aromatic nitrogens is 1. The summed E-state index contributed by atoms with van der Waals surface area (Å²) in [7, 11) is 0. The Morgan fingerprint density at radius 1 is 1.29 bits per heavy atom. The van der Waals surface area contributed by atoms with Gasteiger partial charge in [-0.3, -0.25) is 14.6 Å². The lowest BCUT2D eigenvalue weighted by molar-refractivity contribution is -0.130. The molecule has 0 spiro atoms. The highest BCUT2D eigenvalue weighted by molar-refractivity contribution is 5.88. The number of pyridine rings is 1. The number of nitrogens with zero attached hydrogens (tertiary/aromatic N) is 1. The Hall–Kier alpha value is -1.75. The van der Waals surface area contributed by atoms with Crippen molar-refractivity contribution in [2.45, 2.75) is 39.7 Å². The van der Waals surface area contributed by atoms with Crippen LogP contribution in [0.25, 0.3) is 0 Å². The van der Waals surface area contributed by atoms with Gasteiger partial charge in [0.25, 0.3) is 0 Å². The largest absolute Gasteiger partial charge is 0.372 e. The summed E-state index contributed by atoms with van der Waals surface area (Å²) >= 11 is 0. The van der Waals surface area contributed by atoms with Crippen molar-refractivity contribution in [3.8, 4) is 0 Å². The zero-order valence-electron chi connectivity index (χ0n) is 13.0. The Morgan fingerprint density at radius 2 is 1.95 bits per heavy atom. The molecular formula is C16H24N2O3. The second kappa shape index (κ2) is 9.23. The quantitative estimate of drug-likeness (QED) is 0.704. The standard InChI is InChI=1S/C16H24N2O3/c1-12(2)16(13(3)19)18-15(20)11-21-10-4-5-14-6-8-17-9-7-14/h6-9,12,16H,4-5,10-11H2,1-3H3,(H,18,20).